The van der Waals surface area contributed by atoms with Crippen LogP contribution in [-0.2, 0) is 4.79 Å². The average molecular weight is 305 g/mol. The number of amides is 1. The van der Waals surface area contributed by atoms with Crippen LogP contribution in [-0.4, -0.2) is 17.9 Å². The monoisotopic (exact) mass is 305 g/mol. The molecule has 1 aliphatic rings. The maximum absolute atomic E-state index is 12.7. The molecule has 1 aliphatic carbocycles. The average Bonchev–Trinajstić information content (AvgIpc) is 3.42. The lowest BCUT2D eigenvalue weighted by molar-refractivity contribution is -0.126. The third kappa shape index (κ3) is 3.70. The molecule has 2 nitrogen and oxygen atoms in total. The predicted molar refractivity (Wildman–Crippen MR) is 94.0 cm³/mol. The number of hydrogen-bond acceptors (Lipinski definition) is 1. The lowest BCUT2D eigenvalue weighted by Gasteiger charge is -2.28. The van der Waals surface area contributed by atoms with E-state index in [1.54, 1.807) is 0 Å². The number of nitrogens with zero attached hydrogens (tertiary/aromatic N) is 1. The molecule has 0 aliphatic heterocycles. The molecule has 23 heavy (non-hydrogen) atoms. The highest BCUT2D eigenvalue weighted by Gasteiger charge is 2.26. The SMILES string of the molecule is CC(=CC(=O)N(C)C(c1ccccc1)c1ccccc1)C1CC1. The van der Waals surface area contributed by atoms with Crippen molar-refractivity contribution in [3.63, 3.8) is 0 Å². The van der Waals surface area contributed by atoms with Crippen molar-refractivity contribution < 1.29 is 4.79 Å². The molecule has 1 amide bonds. The van der Waals surface area contributed by atoms with Crippen molar-refractivity contribution in [2.75, 3.05) is 7.05 Å². The minimum absolute atomic E-state index is 0.0619. The molecule has 1 fully saturated rings. The molecule has 0 bridgehead atoms. The molecule has 0 spiro atoms. The first-order valence-corrected chi connectivity index (χ1v) is 8.21. The summed E-state index contributed by atoms with van der Waals surface area (Å²) in [6.45, 7) is 2.07. The molecular weight excluding hydrogens is 282 g/mol. The summed E-state index contributed by atoms with van der Waals surface area (Å²) in [7, 11) is 1.89. The Kier molecular flexibility index (Phi) is 4.61. The molecule has 3 rings (SSSR count). The van der Waals surface area contributed by atoms with E-state index in [2.05, 4.69) is 31.2 Å². The molecule has 0 saturated heterocycles. The summed E-state index contributed by atoms with van der Waals surface area (Å²) in [4.78, 5) is 14.6. The Morgan fingerprint density at radius 1 is 1.00 bits per heavy atom. The van der Waals surface area contributed by atoms with Crippen LogP contribution >= 0.6 is 0 Å². The van der Waals surface area contributed by atoms with E-state index in [0.717, 1.165) is 11.1 Å². The number of likely N-dealkylation sites (N-methyl/N-ethyl adjacent to an activating group) is 1. The van der Waals surface area contributed by atoms with Crippen LogP contribution in [0.2, 0.25) is 0 Å². The number of carbonyl (C=O) groups is 1. The van der Waals surface area contributed by atoms with Crippen molar-refractivity contribution in [3.8, 4) is 0 Å². The van der Waals surface area contributed by atoms with Gasteiger partial charge in [0, 0.05) is 13.1 Å². The maximum Gasteiger partial charge on any atom is 0.247 e. The topological polar surface area (TPSA) is 20.3 Å². The number of hydrogen-bond donors (Lipinski definition) is 0. The largest absolute Gasteiger partial charge is 0.331 e. The second-order valence-corrected chi connectivity index (χ2v) is 6.34. The zero-order valence-electron chi connectivity index (χ0n) is 13.8. The van der Waals surface area contributed by atoms with E-state index in [4.69, 9.17) is 0 Å². The quantitative estimate of drug-likeness (QED) is 0.740. The zero-order chi connectivity index (χ0) is 16.2. The molecule has 0 unspecified atom stereocenters. The van der Waals surface area contributed by atoms with Gasteiger partial charge in [0.05, 0.1) is 6.04 Å². The Balaban J connectivity index is 1.91. The summed E-state index contributed by atoms with van der Waals surface area (Å²) >= 11 is 0. The number of carbonyl (C=O) groups excluding carboxylic acids is 1. The van der Waals surface area contributed by atoms with Crippen LogP contribution in [0.25, 0.3) is 0 Å². The standard InChI is InChI=1S/C21H23NO/c1-16(17-13-14-17)15-20(23)22(2)21(18-9-5-3-6-10-18)19-11-7-4-8-12-19/h3-12,15,17,21H,13-14H2,1-2H3. The van der Waals surface area contributed by atoms with Crippen LogP contribution in [0.3, 0.4) is 0 Å². The Morgan fingerprint density at radius 2 is 1.48 bits per heavy atom. The number of rotatable bonds is 5. The zero-order valence-corrected chi connectivity index (χ0v) is 13.8. The van der Waals surface area contributed by atoms with Gasteiger partial charge in [0.1, 0.15) is 0 Å². The lowest BCUT2D eigenvalue weighted by Crippen LogP contribution is -2.30. The van der Waals surface area contributed by atoms with Crippen molar-refractivity contribution in [1.82, 2.24) is 4.90 Å². The van der Waals surface area contributed by atoms with Crippen LogP contribution in [0.1, 0.15) is 36.9 Å². The van der Waals surface area contributed by atoms with Gasteiger partial charge in [-0.2, -0.15) is 0 Å². The third-order valence-electron chi connectivity index (χ3n) is 4.54. The molecule has 118 valence electrons. The van der Waals surface area contributed by atoms with Crippen LogP contribution < -0.4 is 0 Å². The van der Waals surface area contributed by atoms with Gasteiger partial charge >= 0.3 is 0 Å². The molecular formula is C21H23NO. The lowest BCUT2D eigenvalue weighted by atomic mass is 9.97. The van der Waals surface area contributed by atoms with Crippen LogP contribution in [0.4, 0.5) is 0 Å². The smallest absolute Gasteiger partial charge is 0.247 e. The fourth-order valence-corrected chi connectivity index (χ4v) is 2.99. The Labute approximate surface area is 138 Å². The van der Waals surface area contributed by atoms with Crippen LogP contribution in [0.15, 0.2) is 72.3 Å². The minimum atomic E-state index is -0.0619. The minimum Gasteiger partial charge on any atom is -0.331 e. The van der Waals surface area contributed by atoms with Gasteiger partial charge in [-0.1, -0.05) is 66.2 Å². The summed E-state index contributed by atoms with van der Waals surface area (Å²) in [6, 6.07) is 20.4. The van der Waals surface area contributed by atoms with Crippen LogP contribution in [0, 0.1) is 5.92 Å². The first-order valence-electron chi connectivity index (χ1n) is 8.21. The molecule has 0 heterocycles. The molecule has 0 atom stereocenters. The third-order valence-corrected chi connectivity index (χ3v) is 4.54. The molecule has 2 aromatic rings. The van der Waals surface area contributed by atoms with Gasteiger partial charge in [-0.05, 0) is 36.8 Å². The summed E-state index contributed by atoms with van der Waals surface area (Å²) < 4.78 is 0. The van der Waals surface area contributed by atoms with E-state index < -0.39 is 0 Å². The Hall–Kier alpha value is -2.35. The molecule has 2 heteroatoms. The van der Waals surface area contributed by atoms with Gasteiger partial charge in [-0.15, -0.1) is 0 Å². The predicted octanol–water partition coefficient (Wildman–Crippen LogP) is 4.59. The van der Waals surface area contributed by atoms with Crippen molar-refractivity contribution >= 4 is 5.91 Å². The summed E-state index contributed by atoms with van der Waals surface area (Å²) in [5.41, 5.74) is 3.47. The molecule has 2 aromatic carbocycles. The van der Waals surface area contributed by atoms with Crippen molar-refractivity contribution in [1.29, 1.82) is 0 Å². The van der Waals surface area contributed by atoms with E-state index in [0.29, 0.717) is 5.92 Å². The van der Waals surface area contributed by atoms with Gasteiger partial charge in [0.15, 0.2) is 0 Å². The van der Waals surface area contributed by atoms with Crippen molar-refractivity contribution in [2.24, 2.45) is 5.92 Å². The van der Waals surface area contributed by atoms with E-state index >= 15 is 0 Å². The van der Waals surface area contributed by atoms with Gasteiger partial charge in [-0.3, -0.25) is 4.79 Å². The van der Waals surface area contributed by atoms with Gasteiger partial charge in [-0.25, -0.2) is 0 Å². The Morgan fingerprint density at radius 3 is 1.91 bits per heavy atom. The fourth-order valence-electron chi connectivity index (χ4n) is 2.99. The van der Waals surface area contributed by atoms with E-state index in [9.17, 15) is 4.79 Å². The van der Waals surface area contributed by atoms with Gasteiger partial charge in [0.25, 0.3) is 0 Å². The van der Waals surface area contributed by atoms with E-state index in [-0.39, 0.29) is 11.9 Å². The molecule has 0 aromatic heterocycles. The maximum atomic E-state index is 12.7. The number of allylic oxidation sites excluding steroid dienone is 1. The molecule has 0 radical (unpaired) electrons. The van der Waals surface area contributed by atoms with E-state index in [1.807, 2.05) is 54.4 Å². The normalized spacial score (nSPS) is 14.8. The summed E-state index contributed by atoms with van der Waals surface area (Å²) in [5, 5.41) is 0. The summed E-state index contributed by atoms with van der Waals surface area (Å²) in [5.74, 6) is 0.700. The summed E-state index contributed by atoms with van der Waals surface area (Å²) in [6.07, 6.45) is 4.26. The van der Waals surface area contributed by atoms with Gasteiger partial charge in [0.2, 0.25) is 5.91 Å². The second-order valence-electron chi connectivity index (χ2n) is 6.34. The van der Waals surface area contributed by atoms with Crippen molar-refractivity contribution in [2.45, 2.75) is 25.8 Å². The highest BCUT2D eigenvalue weighted by Crippen LogP contribution is 2.36. The fraction of sp³-hybridized carbons (Fsp3) is 0.286. The first-order chi connectivity index (χ1) is 11.2. The second kappa shape index (κ2) is 6.82. The highest BCUT2D eigenvalue weighted by molar-refractivity contribution is 5.88. The molecule has 0 N–H and O–H groups in total. The van der Waals surface area contributed by atoms with Gasteiger partial charge < -0.3 is 4.90 Å². The van der Waals surface area contributed by atoms with Crippen LogP contribution in [0.5, 0.6) is 0 Å². The van der Waals surface area contributed by atoms with E-state index in [1.165, 1.54) is 18.4 Å². The first kappa shape index (κ1) is 15.5. The Bertz CT molecular complexity index is 647. The molecule has 1 saturated carbocycles. The number of benzene rings is 2. The van der Waals surface area contributed by atoms with Crippen molar-refractivity contribution in [3.05, 3.63) is 83.4 Å². The highest BCUT2D eigenvalue weighted by atomic mass is 16.2.